The molecule has 2 heterocycles. The Morgan fingerprint density at radius 3 is 3.08 bits per heavy atom. The fraction of sp³-hybridized carbons (Fsp3) is 0.125. The van der Waals surface area contributed by atoms with E-state index in [-0.39, 0.29) is 0 Å². The number of methoxy groups -OCH3 is 1. The molecule has 0 aromatic carbocycles. The molecule has 0 aliphatic carbocycles. The molecule has 0 aliphatic heterocycles. The van der Waals surface area contributed by atoms with Gasteiger partial charge in [-0.3, -0.25) is 0 Å². The normalized spacial score (nSPS) is 10.1. The van der Waals surface area contributed by atoms with Gasteiger partial charge in [0.25, 0.3) is 0 Å². The maximum Gasteiger partial charge on any atom is 0.158 e. The van der Waals surface area contributed by atoms with Gasteiger partial charge in [-0.05, 0) is 23.0 Å². The summed E-state index contributed by atoms with van der Waals surface area (Å²) >= 11 is 3.17. The Kier molecular flexibility index (Phi) is 2.10. The van der Waals surface area contributed by atoms with Gasteiger partial charge in [-0.1, -0.05) is 6.07 Å². The first-order chi connectivity index (χ1) is 5.92. The molecule has 0 spiro atoms. The van der Waals surface area contributed by atoms with E-state index in [0.29, 0.717) is 0 Å². The molecule has 2 nitrogen and oxygen atoms in total. The SMILES string of the molecule is COc1cnsc1-c1cccs1. The number of rotatable bonds is 2. The molecular formula is C8H7NOS2. The van der Waals surface area contributed by atoms with E-state index in [9.17, 15) is 0 Å². The van der Waals surface area contributed by atoms with E-state index >= 15 is 0 Å². The van der Waals surface area contributed by atoms with Crippen LogP contribution in [0.4, 0.5) is 0 Å². The summed E-state index contributed by atoms with van der Waals surface area (Å²) in [4.78, 5) is 2.34. The summed E-state index contributed by atoms with van der Waals surface area (Å²) in [6.07, 6.45) is 1.75. The zero-order chi connectivity index (χ0) is 8.39. The smallest absolute Gasteiger partial charge is 0.158 e. The van der Waals surface area contributed by atoms with Crippen LogP contribution >= 0.6 is 22.9 Å². The molecular weight excluding hydrogens is 190 g/mol. The van der Waals surface area contributed by atoms with Gasteiger partial charge >= 0.3 is 0 Å². The Balaban J connectivity index is 2.46. The molecule has 0 atom stereocenters. The van der Waals surface area contributed by atoms with Crippen molar-refractivity contribution in [2.45, 2.75) is 0 Å². The van der Waals surface area contributed by atoms with Gasteiger partial charge in [-0.2, -0.15) is 4.37 Å². The summed E-state index contributed by atoms with van der Waals surface area (Å²) in [5.41, 5.74) is 0. The van der Waals surface area contributed by atoms with E-state index < -0.39 is 0 Å². The first kappa shape index (κ1) is 7.76. The Bertz CT molecular complexity index is 353. The minimum absolute atomic E-state index is 0.863. The van der Waals surface area contributed by atoms with E-state index in [2.05, 4.69) is 15.8 Å². The van der Waals surface area contributed by atoms with Gasteiger partial charge in [0.1, 0.15) is 4.88 Å². The van der Waals surface area contributed by atoms with Gasteiger partial charge in [0.2, 0.25) is 0 Å². The van der Waals surface area contributed by atoms with Crippen LogP contribution in [0.15, 0.2) is 23.7 Å². The van der Waals surface area contributed by atoms with Crippen LogP contribution in [-0.2, 0) is 0 Å². The maximum atomic E-state index is 5.16. The quantitative estimate of drug-likeness (QED) is 0.738. The molecule has 0 bridgehead atoms. The highest BCUT2D eigenvalue weighted by molar-refractivity contribution is 7.19. The lowest BCUT2D eigenvalue weighted by atomic mass is 10.4. The van der Waals surface area contributed by atoms with Crippen LogP contribution in [0.5, 0.6) is 5.75 Å². The van der Waals surface area contributed by atoms with Crippen molar-refractivity contribution < 1.29 is 4.74 Å². The van der Waals surface area contributed by atoms with Crippen LogP contribution in [0.3, 0.4) is 0 Å². The lowest BCUT2D eigenvalue weighted by Gasteiger charge is -1.96. The van der Waals surface area contributed by atoms with E-state index in [1.807, 2.05) is 6.07 Å². The summed E-state index contributed by atoms with van der Waals surface area (Å²) in [7, 11) is 1.67. The summed E-state index contributed by atoms with van der Waals surface area (Å²) in [5, 5.41) is 2.05. The van der Waals surface area contributed by atoms with E-state index in [1.54, 1.807) is 24.6 Å². The van der Waals surface area contributed by atoms with Gasteiger partial charge in [0, 0.05) is 4.88 Å². The monoisotopic (exact) mass is 197 g/mol. The van der Waals surface area contributed by atoms with Crippen molar-refractivity contribution in [3.8, 4) is 15.5 Å². The highest BCUT2D eigenvalue weighted by atomic mass is 32.1. The van der Waals surface area contributed by atoms with Crippen LogP contribution in [0.25, 0.3) is 9.75 Å². The highest BCUT2D eigenvalue weighted by Gasteiger charge is 2.08. The predicted octanol–water partition coefficient (Wildman–Crippen LogP) is 2.88. The standard InChI is InChI=1S/C8H7NOS2/c1-10-6-5-9-12-8(6)7-3-2-4-11-7/h2-5H,1H3. The van der Waals surface area contributed by atoms with Crippen LogP contribution in [0.2, 0.25) is 0 Å². The second kappa shape index (κ2) is 3.25. The first-order valence-corrected chi connectivity index (χ1v) is 5.09. The molecule has 0 fully saturated rings. The lowest BCUT2D eigenvalue weighted by molar-refractivity contribution is 0.417. The van der Waals surface area contributed by atoms with Crippen LogP contribution in [0, 0.1) is 0 Å². The molecule has 2 aromatic rings. The maximum absolute atomic E-state index is 5.16. The number of ether oxygens (including phenoxy) is 1. The summed E-state index contributed by atoms with van der Waals surface area (Å²) < 4.78 is 9.24. The van der Waals surface area contributed by atoms with Crippen molar-refractivity contribution in [2.24, 2.45) is 0 Å². The third-order valence-corrected chi connectivity index (χ3v) is 3.33. The van der Waals surface area contributed by atoms with Crippen molar-refractivity contribution in [1.82, 2.24) is 4.37 Å². The van der Waals surface area contributed by atoms with E-state index in [1.165, 1.54) is 16.4 Å². The van der Waals surface area contributed by atoms with Crippen LogP contribution in [-0.4, -0.2) is 11.5 Å². The minimum atomic E-state index is 0.863. The number of thiophene rings is 1. The Morgan fingerprint density at radius 2 is 2.42 bits per heavy atom. The number of nitrogens with zero attached hydrogens (tertiary/aromatic N) is 1. The van der Waals surface area contributed by atoms with Gasteiger partial charge in [-0.15, -0.1) is 11.3 Å². The van der Waals surface area contributed by atoms with Crippen molar-refractivity contribution in [1.29, 1.82) is 0 Å². The highest BCUT2D eigenvalue weighted by Crippen LogP contribution is 2.35. The van der Waals surface area contributed by atoms with Crippen LogP contribution in [0.1, 0.15) is 0 Å². The number of hydrogen-bond acceptors (Lipinski definition) is 4. The summed E-state index contributed by atoms with van der Waals surface area (Å²) in [5.74, 6) is 0.863. The Morgan fingerprint density at radius 1 is 1.50 bits per heavy atom. The zero-order valence-corrected chi connectivity index (χ0v) is 8.11. The number of hydrogen-bond donors (Lipinski definition) is 0. The molecule has 0 unspecified atom stereocenters. The summed E-state index contributed by atoms with van der Waals surface area (Å²) in [6.45, 7) is 0. The molecule has 0 amide bonds. The van der Waals surface area contributed by atoms with Gasteiger partial charge in [-0.25, -0.2) is 0 Å². The molecule has 4 heteroatoms. The van der Waals surface area contributed by atoms with Crippen LogP contribution < -0.4 is 4.74 Å². The second-order valence-electron chi connectivity index (χ2n) is 2.20. The molecule has 2 aromatic heterocycles. The fourth-order valence-corrected chi connectivity index (χ4v) is 2.51. The third kappa shape index (κ3) is 1.23. The average molecular weight is 197 g/mol. The molecule has 0 radical (unpaired) electrons. The molecule has 2 rings (SSSR count). The minimum Gasteiger partial charge on any atom is -0.493 e. The molecule has 0 saturated heterocycles. The molecule has 0 aliphatic rings. The van der Waals surface area contributed by atoms with E-state index in [4.69, 9.17) is 4.74 Å². The van der Waals surface area contributed by atoms with Gasteiger partial charge in [0.15, 0.2) is 5.75 Å². The Hall–Kier alpha value is -0.870. The van der Waals surface area contributed by atoms with Gasteiger partial charge < -0.3 is 4.74 Å². The third-order valence-electron chi connectivity index (χ3n) is 1.50. The van der Waals surface area contributed by atoms with Gasteiger partial charge in [0.05, 0.1) is 13.3 Å². The average Bonchev–Trinajstić information content (AvgIpc) is 2.74. The fourth-order valence-electron chi connectivity index (χ4n) is 0.950. The van der Waals surface area contributed by atoms with Crippen molar-refractivity contribution in [3.05, 3.63) is 23.7 Å². The Labute approximate surface area is 78.6 Å². The topological polar surface area (TPSA) is 22.1 Å². The van der Waals surface area contributed by atoms with Crippen molar-refractivity contribution in [2.75, 3.05) is 7.11 Å². The molecule has 0 saturated carbocycles. The first-order valence-electron chi connectivity index (χ1n) is 3.44. The largest absolute Gasteiger partial charge is 0.493 e. The van der Waals surface area contributed by atoms with E-state index in [0.717, 1.165) is 10.6 Å². The van der Waals surface area contributed by atoms with Crippen molar-refractivity contribution >= 4 is 22.9 Å². The second-order valence-corrected chi connectivity index (χ2v) is 3.95. The lowest BCUT2D eigenvalue weighted by Crippen LogP contribution is -1.79. The molecule has 12 heavy (non-hydrogen) atoms. The summed E-state index contributed by atoms with van der Waals surface area (Å²) in [6, 6.07) is 4.10. The van der Waals surface area contributed by atoms with Crippen molar-refractivity contribution in [3.63, 3.8) is 0 Å². The molecule has 62 valence electrons. The zero-order valence-electron chi connectivity index (χ0n) is 6.48. The predicted molar refractivity (Wildman–Crippen MR) is 52.0 cm³/mol. The number of aromatic nitrogens is 1. The molecule has 0 N–H and O–H groups in total.